The molecule has 1 aromatic rings. The van der Waals surface area contributed by atoms with E-state index in [1.54, 1.807) is 0 Å². The SMILES string of the molecule is CN(C)C(=O)CN(CC(F)(F)F)C(=O)c1cccnc1Cl. The van der Waals surface area contributed by atoms with Gasteiger partial charge in [0, 0.05) is 20.3 Å². The molecular weight excluding hydrogens is 311 g/mol. The zero-order valence-corrected chi connectivity index (χ0v) is 12.1. The Balaban J connectivity index is 3.03. The van der Waals surface area contributed by atoms with Gasteiger partial charge in [0.15, 0.2) is 0 Å². The van der Waals surface area contributed by atoms with Gasteiger partial charge < -0.3 is 9.80 Å². The van der Waals surface area contributed by atoms with Crippen LogP contribution in [0.3, 0.4) is 0 Å². The minimum Gasteiger partial charge on any atom is -0.347 e. The van der Waals surface area contributed by atoms with Crippen molar-refractivity contribution in [2.24, 2.45) is 0 Å². The third-order valence-electron chi connectivity index (χ3n) is 2.47. The largest absolute Gasteiger partial charge is 0.406 e. The molecule has 0 aliphatic carbocycles. The van der Waals surface area contributed by atoms with Gasteiger partial charge >= 0.3 is 6.18 Å². The Morgan fingerprint density at radius 2 is 1.95 bits per heavy atom. The molecule has 0 N–H and O–H groups in total. The molecule has 0 radical (unpaired) electrons. The Morgan fingerprint density at radius 3 is 2.43 bits per heavy atom. The van der Waals surface area contributed by atoms with Crippen LogP contribution in [0.1, 0.15) is 10.4 Å². The molecule has 1 aromatic heterocycles. The fourth-order valence-corrected chi connectivity index (χ4v) is 1.64. The lowest BCUT2D eigenvalue weighted by Crippen LogP contribution is -2.45. The number of rotatable bonds is 4. The predicted octanol–water partition coefficient (Wildman–Crippen LogP) is 1.83. The molecule has 0 unspecified atom stereocenters. The van der Waals surface area contributed by atoms with Crippen LogP contribution in [0.25, 0.3) is 0 Å². The highest BCUT2D eigenvalue weighted by molar-refractivity contribution is 6.32. The number of halogens is 4. The van der Waals surface area contributed by atoms with Crippen molar-refractivity contribution in [3.05, 3.63) is 29.0 Å². The summed E-state index contributed by atoms with van der Waals surface area (Å²) in [6, 6.07) is 2.62. The molecule has 2 amide bonds. The van der Waals surface area contributed by atoms with E-state index in [-0.39, 0.29) is 10.7 Å². The van der Waals surface area contributed by atoms with Gasteiger partial charge in [-0.25, -0.2) is 4.98 Å². The maximum absolute atomic E-state index is 12.6. The minimum absolute atomic E-state index is 0.185. The summed E-state index contributed by atoms with van der Waals surface area (Å²) in [4.78, 5) is 28.8. The van der Waals surface area contributed by atoms with Crippen molar-refractivity contribution in [2.75, 3.05) is 27.2 Å². The van der Waals surface area contributed by atoms with Crippen LogP contribution < -0.4 is 0 Å². The van der Waals surface area contributed by atoms with Gasteiger partial charge in [-0.3, -0.25) is 9.59 Å². The van der Waals surface area contributed by atoms with Crippen molar-refractivity contribution in [3.63, 3.8) is 0 Å². The number of amides is 2. The zero-order valence-electron chi connectivity index (χ0n) is 11.3. The lowest BCUT2D eigenvalue weighted by atomic mass is 10.2. The van der Waals surface area contributed by atoms with E-state index < -0.39 is 31.1 Å². The summed E-state index contributed by atoms with van der Waals surface area (Å²) in [5.41, 5.74) is -0.185. The third-order valence-corrected chi connectivity index (χ3v) is 2.77. The fraction of sp³-hybridized carbons (Fsp3) is 0.417. The van der Waals surface area contributed by atoms with Gasteiger partial charge in [0.25, 0.3) is 5.91 Å². The predicted molar refractivity (Wildman–Crippen MR) is 69.9 cm³/mol. The Labute approximate surface area is 124 Å². The Morgan fingerprint density at radius 1 is 1.33 bits per heavy atom. The van der Waals surface area contributed by atoms with Gasteiger partial charge in [-0.05, 0) is 12.1 Å². The van der Waals surface area contributed by atoms with Crippen LogP contribution in [0.2, 0.25) is 5.15 Å². The minimum atomic E-state index is -4.63. The summed E-state index contributed by atoms with van der Waals surface area (Å²) in [5, 5.41) is -0.216. The lowest BCUT2D eigenvalue weighted by molar-refractivity contribution is -0.146. The van der Waals surface area contributed by atoms with E-state index in [1.165, 1.54) is 32.4 Å². The Kier molecular flexibility index (Phi) is 5.54. The van der Waals surface area contributed by atoms with Crippen LogP contribution in [0.4, 0.5) is 13.2 Å². The van der Waals surface area contributed by atoms with Crippen LogP contribution in [0, 0.1) is 0 Å². The quantitative estimate of drug-likeness (QED) is 0.794. The van der Waals surface area contributed by atoms with E-state index in [0.29, 0.717) is 4.90 Å². The van der Waals surface area contributed by atoms with Crippen LogP contribution >= 0.6 is 11.6 Å². The summed E-state index contributed by atoms with van der Waals surface area (Å²) in [6.07, 6.45) is -3.32. The average molecular weight is 324 g/mol. The van der Waals surface area contributed by atoms with E-state index in [1.807, 2.05) is 0 Å². The highest BCUT2D eigenvalue weighted by atomic mass is 35.5. The van der Waals surface area contributed by atoms with Crippen molar-refractivity contribution in [1.29, 1.82) is 0 Å². The van der Waals surface area contributed by atoms with Gasteiger partial charge in [-0.2, -0.15) is 13.2 Å². The maximum Gasteiger partial charge on any atom is 0.406 e. The number of pyridine rings is 1. The molecule has 0 bridgehead atoms. The van der Waals surface area contributed by atoms with Gasteiger partial charge in [0.2, 0.25) is 5.91 Å². The molecule has 0 aliphatic rings. The van der Waals surface area contributed by atoms with E-state index >= 15 is 0 Å². The molecule has 0 aromatic carbocycles. The summed E-state index contributed by atoms with van der Waals surface area (Å²) < 4.78 is 37.7. The molecule has 1 heterocycles. The highest BCUT2D eigenvalue weighted by Crippen LogP contribution is 2.20. The van der Waals surface area contributed by atoms with E-state index in [4.69, 9.17) is 11.6 Å². The second-order valence-electron chi connectivity index (χ2n) is 4.41. The summed E-state index contributed by atoms with van der Waals surface area (Å²) in [7, 11) is 2.77. The maximum atomic E-state index is 12.6. The Hall–Kier alpha value is -1.83. The molecular formula is C12H13ClF3N3O2. The second kappa shape index (κ2) is 6.75. The normalized spacial score (nSPS) is 11.1. The van der Waals surface area contributed by atoms with Gasteiger partial charge in [-0.15, -0.1) is 0 Å². The van der Waals surface area contributed by atoms with Crippen molar-refractivity contribution in [3.8, 4) is 0 Å². The molecule has 0 fully saturated rings. The molecule has 0 saturated heterocycles. The zero-order chi connectivity index (χ0) is 16.2. The number of alkyl halides is 3. The van der Waals surface area contributed by atoms with Crippen molar-refractivity contribution in [1.82, 2.24) is 14.8 Å². The molecule has 9 heteroatoms. The van der Waals surface area contributed by atoms with Crippen LogP contribution in [0.15, 0.2) is 18.3 Å². The molecule has 5 nitrogen and oxygen atoms in total. The standard InChI is InChI=1S/C12H13ClF3N3O2/c1-18(2)9(20)6-19(7-12(14,15)16)11(21)8-4-3-5-17-10(8)13/h3-5H,6-7H2,1-2H3. The first kappa shape index (κ1) is 17.2. The molecule has 0 spiro atoms. The summed E-state index contributed by atoms with van der Waals surface area (Å²) in [5.74, 6) is -1.63. The van der Waals surface area contributed by atoms with E-state index in [9.17, 15) is 22.8 Å². The molecule has 0 saturated carbocycles. The van der Waals surface area contributed by atoms with Crippen LogP contribution in [-0.4, -0.2) is 60.0 Å². The smallest absolute Gasteiger partial charge is 0.347 e. The van der Waals surface area contributed by atoms with Gasteiger partial charge in [-0.1, -0.05) is 11.6 Å². The number of hydrogen-bond donors (Lipinski definition) is 0. The topological polar surface area (TPSA) is 53.5 Å². The Bertz CT molecular complexity index is 535. The molecule has 21 heavy (non-hydrogen) atoms. The monoisotopic (exact) mass is 323 g/mol. The van der Waals surface area contributed by atoms with E-state index in [0.717, 1.165) is 4.90 Å². The van der Waals surface area contributed by atoms with Crippen LogP contribution in [0.5, 0.6) is 0 Å². The molecule has 0 atom stereocenters. The van der Waals surface area contributed by atoms with Crippen molar-refractivity contribution >= 4 is 23.4 Å². The number of carbonyl (C=O) groups is 2. The van der Waals surface area contributed by atoms with Crippen molar-refractivity contribution in [2.45, 2.75) is 6.18 Å². The number of hydrogen-bond acceptors (Lipinski definition) is 3. The first-order chi connectivity index (χ1) is 9.61. The first-order valence-corrected chi connectivity index (χ1v) is 6.16. The number of likely N-dealkylation sites (N-methyl/N-ethyl adjacent to an activating group) is 1. The summed E-state index contributed by atoms with van der Waals surface area (Å²) in [6.45, 7) is -2.24. The summed E-state index contributed by atoms with van der Waals surface area (Å²) >= 11 is 5.70. The second-order valence-corrected chi connectivity index (χ2v) is 4.76. The van der Waals surface area contributed by atoms with E-state index in [2.05, 4.69) is 4.98 Å². The molecule has 116 valence electrons. The van der Waals surface area contributed by atoms with Gasteiger partial charge in [0.05, 0.1) is 5.56 Å². The highest BCUT2D eigenvalue weighted by Gasteiger charge is 2.35. The third kappa shape index (κ3) is 5.22. The van der Waals surface area contributed by atoms with Gasteiger partial charge in [0.1, 0.15) is 18.2 Å². The number of carbonyl (C=O) groups excluding carboxylic acids is 2. The molecule has 1 rings (SSSR count). The first-order valence-electron chi connectivity index (χ1n) is 5.78. The number of nitrogens with zero attached hydrogens (tertiary/aromatic N) is 3. The lowest BCUT2D eigenvalue weighted by Gasteiger charge is -2.25. The van der Waals surface area contributed by atoms with Crippen LogP contribution in [-0.2, 0) is 4.79 Å². The average Bonchev–Trinajstić information content (AvgIpc) is 2.36. The van der Waals surface area contributed by atoms with Crippen molar-refractivity contribution < 1.29 is 22.8 Å². The molecule has 0 aliphatic heterocycles. The fourth-order valence-electron chi connectivity index (χ4n) is 1.44. The number of aromatic nitrogens is 1.